The van der Waals surface area contributed by atoms with E-state index in [9.17, 15) is 4.79 Å². The van der Waals surface area contributed by atoms with Gasteiger partial charge in [-0.2, -0.15) is 0 Å². The van der Waals surface area contributed by atoms with Gasteiger partial charge in [0, 0.05) is 39.0 Å². The number of ether oxygens (including phenoxy) is 1. The molecular weight excluding hydrogens is 304 g/mol. The van der Waals surface area contributed by atoms with Gasteiger partial charge in [0.1, 0.15) is 0 Å². The summed E-state index contributed by atoms with van der Waals surface area (Å²) in [6.45, 7) is 10.3. The Bertz CT molecular complexity index is 265. The van der Waals surface area contributed by atoms with Crippen molar-refractivity contribution in [1.29, 1.82) is 0 Å². The molecule has 0 bridgehead atoms. The van der Waals surface area contributed by atoms with Gasteiger partial charge in [-0.25, -0.2) is 0 Å². The summed E-state index contributed by atoms with van der Waals surface area (Å²) in [5.41, 5.74) is 0. The molecule has 22 heavy (non-hydrogen) atoms. The van der Waals surface area contributed by atoms with Crippen LogP contribution in [-0.4, -0.2) is 67.9 Å². The Morgan fingerprint density at radius 1 is 0.909 bits per heavy atom. The summed E-state index contributed by atoms with van der Waals surface area (Å²) in [7, 11) is -1.13. The molecule has 0 aliphatic rings. The first-order chi connectivity index (χ1) is 10.6. The van der Waals surface area contributed by atoms with Gasteiger partial charge in [0.2, 0.25) is 0 Å². The lowest BCUT2D eigenvalue weighted by molar-refractivity contribution is -0.139. The third-order valence-electron chi connectivity index (χ3n) is 2.90. The smallest absolute Gasteiger partial charge is 0.468 e. The zero-order chi connectivity index (χ0) is 16.7. The first-order valence-corrected chi connectivity index (χ1v) is 9.97. The molecule has 8 heteroatoms. The molecule has 0 aliphatic carbocycles. The van der Waals surface area contributed by atoms with Gasteiger partial charge in [-0.05, 0) is 33.7 Å². The quantitative estimate of drug-likeness (QED) is 0.260. The van der Waals surface area contributed by atoms with E-state index < -0.39 is 8.80 Å². The van der Waals surface area contributed by atoms with Crippen LogP contribution in [0.5, 0.6) is 0 Å². The minimum Gasteiger partial charge on any atom is -0.468 e. The molecule has 0 aromatic carbocycles. The second-order valence-corrected chi connectivity index (χ2v) is 7.32. The van der Waals surface area contributed by atoms with Crippen LogP contribution in [0.3, 0.4) is 0 Å². The van der Waals surface area contributed by atoms with E-state index in [1.807, 2.05) is 20.8 Å². The Morgan fingerprint density at radius 3 is 1.95 bits per heavy atom. The molecule has 0 saturated carbocycles. The molecule has 0 saturated heterocycles. The number of nitrogens with one attached hydrogen (secondary N) is 2. The van der Waals surface area contributed by atoms with Gasteiger partial charge in [-0.15, -0.1) is 0 Å². The predicted octanol–water partition coefficient (Wildman–Crippen LogP) is 0.777. The van der Waals surface area contributed by atoms with E-state index in [-0.39, 0.29) is 12.5 Å². The average molecular weight is 337 g/mol. The highest BCUT2D eigenvalue weighted by Crippen LogP contribution is 2.17. The van der Waals surface area contributed by atoms with Gasteiger partial charge in [0.15, 0.2) is 0 Å². The van der Waals surface area contributed by atoms with Gasteiger partial charge in [-0.3, -0.25) is 4.79 Å². The topological polar surface area (TPSA) is 78.1 Å². The van der Waals surface area contributed by atoms with Gasteiger partial charge in [0.25, 0.3) is 0 Å². The number of esters is 1. The molecule has 0 amide bonds. The fourth-order valence-corrected chi connectivity index (χ4v) is 4.61. The summed E-state index contributed by atoms with van der Waals surface area (Å²) in [4.78, 5) is 10.9. The maximum atomic E-state index is 10.9. The average Bonchev–Trinajstić information content (AvgIpc) is 2.50. The summed E-state index contributed by atoms with van der Waals surface area (Å²) in [5, 5.41) is 6.32. The molecule has 2 N–H and O–H groups in total. The molecule has 0 fully saturated rings. The van der Waals surface area contributed by atoms with Crippen LogP contribution in [0.1, 0.15) is 27.2 Å². The summed E-state index contributed by atoms with van der Waals surface area (Å²) in [6.07, 6.45) is 0.934. The fourth-order valence-electron chi connectivity index (χ4n) is 2.00. The van der Waals surface area contributed by atoms with E-state index >= 15 is 0 Å². The molecule has 0 aromatic rings. The molecule has 0 unspecified atom stereocenters. The number of rotatable bonds is 15. The predicted molar refractivity (Wildman–Crippen MR) is 87.8 cm³/mol. The van der Waals surface area contributed by atoms with Crippen LogP contribution in [-0.2, 0) is 22.8 Å². The Morgan fingerprint density at radius 2 is 1.45 bits per heavy atom. The summed E-state index contributed by atoms with van der Waals surface area (Å²) < 4.78 is 21.9. The monoisotopic (exact) mass is 336 g/mol. The standard InChI is InChI=1S/C14H32N2O5Si/c1-5-19-22(20-6-2,21-7-3)12-8-9-15-10-11-16-13-14(17)18-4/h15-16H,5-13H2,1-4H3. The van der Waals surface area contributed by atoms with E-state index in [0.29, 0.717) is 19.8 Å². The SMILES string of the molecule is CCO[Si](CCCNCCNCC(=O)OC)(OCC)OCC. The fraction of sp³-hybridized carbons (Fsp3) is 0.929. The van der Waals surface area contributed by atoms with Crippen LogP contribution in [0.2, 0.25) is 6.04 Å². The van der Waals surface area contributed by atoms with Crippen LogP contribution in [0.4, 0.5) is 0 Å². The van der Waals surface area contributed by atoms with Crippen molar-refractivity contribution in [2.75, 3.05) is 53.1 Å². The van der Waals surface area contributed by atoms with Crippen molar-refractivity contribution in [1.82, 2.24) is 10.6 Å². The van der Waals surface area contributed by atoms with Gasteiger partial charge in [0.05, 0.1) is 13.7 Å². The maximum Gasteiger partial charge on any atom is 0.500 e. The molecule has 0 spiro atoms. The first kappa shape index (κ1) is 21.5. The van der Waals surface area contributed by atoms with Crippen LogP contribution in [0.25, 0.3) is 0 Å². The second-order valence-electron chi connectivity index (χ2n) is 4.59. The maximum absolute atomic E-state index is 10.9. The molecule has 132 valence electrons. The number of carbonyl (C=O) groups excluding carboxylic acids is 1. The number of methoxy groups -OCH3 is 1. The summed E-state index contributed by atoms with van der Waals surface area (Å²) in [5.74, 6) is -0.249. The number of carbonyl (C=O) groups is 1. The van der Waals surface area contributed by atoms with Crippen molar-refractivity contribution < 1.29 is 22.8 Å². The molecule has 0 atom stereocenters. The molecule has 0 radical (unpaired) electrons. The van der Waals surface area contributed by atoms with Crippen LogP contribution in [0, 0.1) is 0 Å². The van der Waals surface area contributed by atoms with Crippen LogP contribution >= 0.6 is 0 Å². The highest BCUT2D eigenvalue weighted by Gasteiger charge is 2.39. The molecule has 7 nitrogen and oxygen atoms in total. The molecule has 0 aromatic heterocycles. The van der Waals surface area contributed by atoms with Crippen molar-refractivity contribution >= 4 is 14.8 Å². The van der Waals surface area contributed by atoms with Crippen molar-refractivity contribution in [3.63, 3.8) is 0 Å². The van der Waals surface area contributed by atoms with Gasteiger partial charge >= 0.3 is 14.8 Å². The van der Waals surface area contributed by atoms with Crippen LogP contribution in [0.15, 0.2) is 0 Å². The van der Waals surface area contributed by atoms with E-state index in [1.165, 1.54) is 7.11 Å². The first-order valence-electron chi connectivity index (χ1n) is 8.04. The molecule has 0 rings (SSSR count). The Hall–Kier alpha value is -0.513. The van der Waals surface area contributed by atoms with Crippen molar-refractivity contribution in [3.8, 4) is 0 Å². The molecule has 0 heterocycles. The highest BCUT2D eigenvalue weighted by atomic mass is 28.4. The largest absolute Gasteiger partial charge is 0.500 e. The van der Waals surface area contributed by atoms with Crippen molar-refractivity contribution in [2.24, 2.45) is 0 Å². The number of hydrogen-bond donors (Lipinski definition) is 2. The lowest BCUT2D eigenvalue weighted by Gasteiger charge is -2.28. The molecular formula is C14H32N2O5Si. The van der Waals surface area contributed by atoms with E-state index in [4.69, 9.17) is 13.3 Å². The highest BCUT2D eigenvalue weighted by molar-refractivity contribution is 6.60. The Balaban J connectivity index is 3.81. The van der Waals surface area contributed by atoms with E-state index in [2.05, 4.69) is 15.4 Å². The van der Waals surface area contributed by atoms with Crippen molar-refractivity contribution in [2.45, 2.75) is 33.2 Å². The van der Waals surface area contributed by atoms with Crippen molar-refractivity contribution in [3.05, 3.63) is 0 Å². The van der Waals surface area contributed by atoms with Gasteiger partial charge in [-0.1, -0.05) is 0 Å². The summed E-state index contributed by atoms with van der Waals surface area (Å²) in [6, 6.07) is 0.811. The molecule has 0 aliphatic heterocycles. The third-order valence-corrected chi connectivity index (χ3v) is 6.06. The van der Waals surface area contributed by atoms with Crippen LogP contribution < -0.4 is 10.6 Å². The third kappa shape index (κ3) is 10.3. The zero-order valence-electron chi connectivity index (χ0n) is 14.4. The zero-order valence-corrected chi connectivity index (χ0v) is 15.4. The summed E-state index contributed by atoms with van der Waals surface area (Å²) >= 11 is 0. The van der Waals surface area contributed by atoms with E-state index in [0.717, 1.165) is 32.1 Å². The normalized spacial score (nSPS) is 11.6. The number of hydrogen-bond acceptors (Lipinski definition) is 7. The minimum absolute atomic E-state index is 0.243. The Kier molecular flexibility index (Phi) is 13.8. The lowest BCUT2D eigenvalue weighted by Crippen LogP contribution is -2.46. The van der Waals surface area contributed by atoms with Gasteiger partial charge < -0.3 is 28.6 Å². The van der Waals surface area contributed by atoms with E-state index in [1.54, 1.807) is 0 Å². The lowest BCUT2D eigenvalue weighted by atomic mass is 10.4. The Labute approximate surface area is 135 Å². The minimum atomic E-state index is -2.51. The second kappa shape index (κ2) is 14.1.